The van der Waals surface area contributed by atoms with Crippen LogP contribution in [0.3, 0.4) is 0 Å². The minimum atomic E-state index is -4.77. The Hall–Kier alpha value is -1.56. The van der Waals surface area contributed by atoms with Crippen LogP contribution in [0.4, 0.5) is 13.2 Å². The molecule has 1 aliphatic rings. The molecule has 2 atom stereocenters. The Labute approximate surface area is 114 Å². The van der Waals surface area contributed by atoms with E-state index in [1.165, 1.54) is 0 Å². The SMILES string of the molecule is Cc1ccc(C[C@H]2CNC[C@]2(C(=O)O)C(F)(F)F)cc1. The highest BCUT2D eigenvalue weighted by Crippen LogP contribution is 2.47. The van der Waals surface area contributed by atoms with Crippen molar-refractivity contribution >= 4 is 5.97 Å². The van der Waals surface area contributed by atoms with Gasteiger partial charge in [0.25, 0.3) is 0 Å². The van der Waals surface area contributed by atoms with Gasteiger partial charge in [0, 0.05) is 12.5 Å². The van der Waals surface area contributed by atoms with E-state index in [9.17, 15) is 18.0 Å². The Morgan fingerprint density at radius 3 is 2.50 bits per heavy atom. The lowest BCUT2D eigenvalue weighted by Crippen LogP contribution is -2.51. The Bertz CT molecular complexity index is 498. The highest BCUT2D eigenvalue weighted by molar-refractivity contribution is 5.77. The standard InChI is InChI=1S/C14H16F3NO2/c1-9-2-4-10(5-3-9)6-11-7-18-8-13(11,12(19)20)14(15,16)17/h2-5,11,18H,6-8H2,1H3,(H,19,20)/t11-,13-/m0/s1. The lowest BCUT2D eigenvalue weighted by Gasteiger charge is -2.32. The average molecular weight is 287 g/mol. The molecule has 0 saturated carbocycles. The molecular weight excluding hydrogens is 271 g/mol. The molecule has 2 N–H and O–H groups in total. The van der Waals surface area contributed by atoms with E-state index < -0.39 is 30.0 Å². The molecule has 2 rings (SSSR count). The third-order valence-electron chi connectivity index (χ3n) is 3.98. The van der Waals surface area contributed by atoms with Crippen LogP contribution in [0.5, 0.6) is 0 Å². The van der Waals surface area contributed by atoms with Gasteiger partial charge in [-0.05, 0) is 25.5 Å². The van der Waals surface area contributed by atoms with Gasteiger partial charge in [0.05, 0.1) is 0 Å². The summed E-state index contributed by atoms with van der Waals surface area (Å²) in [5, 5.41) is 11.7. The predicted octanol–water partition coefficient (Wildman–Crippen LogP) is 2.39. The van der Waals surface area contributed by atoms with Crippen molar-refractivity contribution in [1.82, 2.24) is 5.32 Å². The van der Waals surface area contributed by atoms with Crippen molar-refractivity contribution in [2.24, 2.45) is 11.3 Å². The van der Waals surface area contributed by atoms with Crippen molar-refractivity contribution in [3.63, 3.8) is 0 Å². The third-order valence-corrected chi connectivity index (χ3v) is 3.98. The van der Waals surface area contributed by atoms with Crippen LogP contribution in [0.15, 0.2) is 24.3 Å². The van der Waals surface area contributed by atoms with Crippen molar-refractivity contribution in [1.29, 1.82) is 0 Å². The van der Waals surface area contributed by atoms with Crippen LogP contribution in [0, 0.1) is 18.3 Å². The zero-order valence-corrected chi connectivity index (χ0v) is 11.0. The van der Waals surface area contributed by atoms with Crippen LogP contribution in [0.2, 0.25) is 0 Å². The molecule has 0 aromatic heterocycles. The number of rotatable bonds is 3. The lowest BCUT2D eigenvalue weighted by molar-refractivity contribution is -0.236. The molecule has 1 aliphatic heterocycles. The van der Waals surface area contributed by atoms with E-state index >= 15 is 0 Å². The number of halogens is 3. The van der Waals surface area contributed by atoms with Crippen LogP contribution in [-0.2, 0) is 11.2 Å². The molecule has 1 heterocycles. The number of aliphatic carboxylic acids is 1. The molecule has 0 unspecified atom stereocenters. The molecule has 3 nitrogen and oxygen atoms in total. The van der Waals surface area contributed by atoms with Crippen molar-refractivity contribution in [2.75, 3.05) is 13.1 Å². The smallest absolute Gasteiger partial charge is 0.406 e. The maximum atomic E-state index is 13.3. The lowest BCUT2D eigenvalue weighted by atomic mass is 9.74. The summed E-state index contributed by atoms with van der Waals surface area (Å²) >= 11 is 0. The maximum absolute atomic E-state index is 13.3. The number of hydrogen-bond acceptors (Lipinski definition) is 2. The van der Waals surface area contributed by atoms with Gasteiger partial charge < -0.3 is 10.4 Å². The topological polar surface area (TPSA) is 49.3 Å². The van der Waals surface area contributed by atoms with Crippen LogP contribution in [0.25, 0.3) is 0 Å². The predicted molar refractivity (Wildman–Crippen MR) is 67.4 cm³/mol. The first-order valence-electron chi connectivity index (χ1n) is 6.34. The van der Waals surface area contributed by atoms with Crippen LogP contribution >= 0.6 is 0 Å². The Balaban J connectivity index is 2.30. The van der Waals surface area contributed by atoms with Crippen molar-refractivity contribution in [3.05, 3.63) is 35.4 Å². The van der Waals surface area contributed by atoms with E-state index in [1.807, 2.05) is 19.1 Å². The number of carboxylic acids is 1. The first-order valence-corrected chi connectivity index (χ1v) is 6.34. The first kappa shape index (κ1) is 14.8. The molecule has 0 bridgehead atoms. The normalized spacial score (nSPS) is 26.7. The summed E-state index contributed by atoms with van der Waals surface area (Å²) in [5.41, 5.74) is -0.962. The minimum absolute atomic E-state index is 0.0552. The molecule has 0 aliphatic carbocycles. The van der Waals surface area contributed by atoms with E-state index in [1.54, 1.807) is 12.1 Å². The summed E-state index contributed by atoms with van der Waals surface area (Å²) in [5.74, 6) is -2.80. The van der Waals surface area contributed by atoms with Crippen molar-refractivity contribution in [3.8, 4) is 0 Å². The molecule has 0 amide bonds. The summed E-state index contributed by atoms with van der Waals surface area (Å²) in [6, 6.07) is 7.12. The van der Waals surface area contributed by atoms with Gasteiger partial charge in [0.1, 0.15) is 0 Å². The number of carbonyl (C=O) groups is 1. The van der Waals surface area contributed by atoms with Crippen molar-refractivity contribution in [2.45, 2.75) is 19.5 Å². The molecule has 1 saturated heterocycles. The third kappa shape index (κ3) is 2.40. The highest BCUT2D eigenvalue weighted by Gasteiger charge is 2.66. The number of alkyl halides is 3. The van der Waals surface area contributed by atoms with E-state index in [2.05, 4.69) is 5.32 Å². The largest absolute Gasteiger partial charge is 0.481 e. The molecule has 1 fully saturated rings. The second-order valence-corrected chi connectivity index (χ2v) is 5.29. The zero-order chi connectivity index (χ0) is 15.0. The molecule has 1 aromatic rings. The fourth-order valence-corrected chi connectivity index (χ4v) is 2.72. The number of aryl methyl sites for hydroxylation is 1. The van der Waals surface area contributed by atoms with E-state index in [-0.39, 0.29) is 13.0 Å². The molecule has 6 heteroatoms. The second-order valence-electron chi connectivity index (χ2n) is 5.29. The second kappa shape index (κ2) is 5.09. The highest BCUT2D eigenvalue weighted by atomic mass is 19.4. The number of benzene rings is 1. The molecule has 1 aromatic carbocycles. The van der Waals surface area contributed by atoms with Gasteiger partial charge in [0.2, 0.25) is 0 Å². The maximum Gasteiger partial charge on any atom is 0.406 e. The van der Waals surface area contributed by atoms with Gasteiger partial charge in [-0.15, -0.1) is 0 Å². The van der Waals surface area contributed by atoms with Gasteiger partial charge in [-0.1, -0.05) is 29.8 Å². The van der Waals surface area contributed by atoms with E-state index in [0.29, 0.717) is 0 Å². The van der Waals surface area contributed by atoms with Gasteiger partial charge in [0.15, 0.2) is 5.41 Å². The van der Waals surface area contributed by atoms with E-state index in [4.69, 9.17) is 5.11 Å². The van der Waals surface area contributed by atoms with Crippen LogP contribution in [-0.4, -0.2) is 30.3 Å². The Kier molecular flexibility index (Phi) is 3.77. The van der Waals surface area contributed by atoms with Gasteiger partial charge in [-0.2, -0.15) is 13.2 Å². The quantitative estimate of drug-likeness (QED) is 0.897. The number of carboxylic acid groups (broad SMARTS) is 1. The number of hydrogen-bond donors (Lipinski definition) is 2. The minimum Gasteiger partial charge on any atom is -0.481 e. The Morgan fingerprint density at radius 1 is 1.40 bits per heavy atom. The van der Waals surface area contributed by atoms with Crippen LogP contribution < -0.4 is 5.32 Å². The average Bonchev–Trinajstić information content (AvgIpc) is 2.76. The zero-order valence-electron chi connectivity index (χ0n) is 11.0. The monoisotopic (exact) mass is 287 g/mol. The van der Waals surface area contributed by atoms with Gasteiger partial charge >= 0.3 is 12.1 Å². The Morgan fingerprint density at radius 2 is 2.00 bits per heavy atom. The number of nitrogens with one attached hydrogen (secondary N) is 1. The summed E-state index contributed by atoms with van der Waals surface area (Å²) < 4.78 is 39.8. The van der Waals surface area contributed by atoms with Crippen molar-refractivity contribution < 1.29 is 23.1 Å². The molecular formula is C14H16F3NO2. The molecule has 0 radical (unpaired) electrons. The fraction of sp³-hybridized carbons (Fsp3) is 0.500. The molecule has 20 heavy (non-hydrogen) atoms. The fourth-order valence-electron chi connectivity index (χ4n) is 2.72. The van der Waals surface area contributed by atoms with Gasteiger partial charge in [-0.25, -0.2) is 0 Å². The summed E-state index contributed by atoms with van der Waals surface area (Å²) in [6.45, 7) is 1.38. The van der Waals surface area contributed by atoms with Gasteiger partial charge in [-0.3, -0.25) is 4.79 Å². The first-order chi connectivity index (χ1) is 9.27. The summed E-state index contributed by atoms with van der Waals surface area (Å²) in [7, 11) is 0. The molecule has 110 valence electrons. The summed E-state index contributed by atoms with van der Waals surface area (Å²) in [4.78, 5) is 11.3. The van der Waals surface area contributed by atoms with Crippen LogP contribution in [0.1, 0.15) is 11.1 Å². The summed E-state index contributed by atoms with van der Waals surface area (Å²) in [6.07, 6.45) is -4.67. The van der Waals surface area contributed by atoms with E-state index in [0.717, 1.165) is 11.1 Å². The molecule has 0 spiro atoms.